The maximum Gasteiger partial charge on any atom is 2.00 e. The van der Waals surface area contributed by atoms with Gasteiger partial charge in [0.2, 0.25) is 0 Å². The molecule has 0 rings (SSSR count). The van der Waals surface area contributed by atoms with E-state index in [9.17, 15) is 0 Å². The topological polar surface area (TPSA) is 189 Å². The molecule has 0 bridgehead atoms. The van der Waals surface area contributed by atoms with Crippen molar-refractivity contribution < 1.29 is 83.9 Å². The van der Waals surface area contributed by atoms with E-state index in [1.165, 1.54) is 0 Å². The predicted octanol–water partition coefficient (Wildman–Crippen LogP) is -10.9. The first-order valence-corrected chi connectivity index (χ1v) is 0. The van der Waals surface area contributed by atoms with Crippen LogP contribution in [-0.2, 0) is 17.1 Å². The third kappa shape index (κ3) is 315. The molecule has 0 fully saturated rings. The number of halogens is 2. The number of hydrogen-bond acceptors (Lipinski definition) is 0. The zero-order chi connectivity index (χ0) is 0. The van der Waals surface area contributed by atoms with Gasteiger partial charge in [-0.2, -0.15) is 0 Å². The molecule has 0 aromatic rings. The van der Waals surface area contributed by atoms with Crippen LogP contribution < -0.4 is 34.0 Å². The van der Waals surface area contributed by atoms with Crippen LogP contribution >= 0.6 is 0 Å². The second kappa shape index (κ2) is 408. The molecule has 0 aliphatic heterocycles. The van der Waals surface area contributed by atoms with Crippen LogP contribution in [0.25, 0.3) is 0 Å². The van der Waals surface area contributed by atoms with E-state index in [0.29, 0.717) is 0 Å². The van der Waals surface area contributed by atoms with Crippen LogP contribution in [0.3, 0.4) is 0 Å². The minimum atomic E-state index is 0. The maximum absolute atomic E-state index is 0. The van der Waals surface area contributed by atoms with Crippen molar-refractivity contribution in [3.8, 4) is 0 Å². The van der Waals surface area contributed by atoms with E-state index in [-0.39, 0.29) is 83.9 Å². The molecule has 0 saturated carbocycles. The SMILES string of the molecule is O.O.O.O.O.O.[Br-].[Br-].[Fe+2]. The van der Waals surface area contributed by atoms with Crippen LogP contribution in [0, 0.1) is 0 Å². The standard InChI is InChI=1S/2BrH.Fe.6H2O/h2*1H;;6*1H2/q;;+2;;;;;;/p-2. The van der Waals surface area contributed by atoms with E-state index in [0.717, 1.165) is 0 Å². The first-order chi connectivity index (χ1) is 0. The smallest absolute Gasteiger partial charge is 1.00 e. The Balaban J connectivity index is 0. The minimum absolute atomic E-state index is 0. The van der Waals surface area contributed by atoms with Gasteiger partial charge in [0, 0.05) is 0 Å². The molecule has 0 aromatic heterocycles. The average molecular weight is 324 g/mol. The van der Waals surface area contributed by atoms with Crippen molar-refractivity contribution >= 4 is 0 Å². The largest absolute Gasteiger partial charge is 2.00 e. The molecular formula is H12Br2FeO6. The number of hydrogen-bond donors (Lipinski definition) is 0. The summed E-state index contributed by atoms with van der Waals surface area (Å²) in [4.78, 5) is 0. The summed E-state index contributed by atoms with van der Waals surface area (Å²) >= 11 is 0. The first-order valence-electron chi connectivity index (χ1n) is 0. The Morgan fingerprint density at radius 1 is 0.333 bits per heavy atom. The Kier molecular flexibility index (Phi) is 25800. The van der Waals surface area contributed by atoms with Gasteiger partial charge in [-0.3, -0.25) is 0 Å². The molecule has 6 nitrogen and oxygen atoms in total. The third-order valence-electron chi connectivity index (χ3n) is 0. The molecule has 12 N–H and O–H groups in total. The van der Waals surface area contributed by atoms with E-state index in [1.807, 2.05) is 0 Å². The minimum Gasteiger partial charge on any atom is -1.00 e. The summed E-state index contributed by atoms with van der Waals surface area (Å²) in [5.74, 6) is 0. The second-order valence-corrected chi connectivity index (χ2v) is 0. The van der Waals surface area contributed by atoms with E-state index in [1.54, 1.807) is 0 Å². The molecule has 0 aliphatic rings. The molecule has 70 valence electrons. The molecule has 0 aromatic carbocycles. The molecule has 0 radical (unpaired) electrons. The van der Waals surface area contributed by atoms with Crippen LogP contribution in [0.5, 0.6) is 0 Å². The van der Waals surface area contributed by atoms with E-state index in [4.69, 9.17) is 0 Å². The summed E-state index contributed by atoms with van der Waals surface area (Å²) in [5, 5.41) is 0. The summed E-state index contributed by atoms with van der Waals surface area (Å²) < 4.78 is 0. The second-order valence-electron chi connectivity index (χ2n) is 0. The van der Waals surface area contributed by atoms with Gasteiger partial charge in [0.05, 0.1) is 0 Å². The van der Waals surface area contributed by atoms with Crippen LogP contribution in [0.2, 0.25) is 0 Å². The first kappa shape index (κ1) is 569. The van der Waals surface area contributed by atoms with Gasteiger partial charge in [0.25, 0.3) is 0 Å². The molecular weight excluding hydrogens is 312 g/mol. The molecule has 0 atom stereocenters. The summed E-state index contributed by atoms with van der Waals surface area (Å²) in [7, 11) is 0. The van der Waals surface area contributed by atoms with Gasteiger partial charge in [-0.25, -0.2) is 0 Å². The van der Waals surface area contributed by atoms with Gasteiger partial charge >= 0.3 is 17.1 Å². The summed E-state index contributed by atoms with van der Waals surface area (Å²) in [6.45, 7) is 0. The zero-order valence-corrected chi connectivity index (χ0v) is 8.39. The van der Waals surface area contributed by atoms with Crippen LogP contribution in [0.4, 0.5) is 0 Å². The molecule has 0 amide bonds. The Labute approximate surface area is 83.9 Å². The van der Waals surface area contributed by atoms with Crippen molar-refractivity contribution in [2.45, 2.75) is 0 Å². The monoisotopic (exact) mass is 322 g/mol. The fourth-order valence-corrected chi connectivity index (χ4v) is 0. The fraction of sp³-hybridized carbons (Fsp3) is 0. The summed E-state index contributed by atoms with van der Waals surface area (Å²) in [6.07, 6.45) is 0. The van der Waals surface area contributed by atoms with Gasteiger partial charge in [0.15, 0.2) is 0 Å². The van der Waals surface area contributed by atoms with Crippen molar-refractivity contribution in [2.75, 3.05) is 0 Å². The van der Waals surface area contributed by atoms with Gasteiger partial charge in [-0.1, -0.05) is 0 Å². The van der Waals surface area contributed by atoms with Gasteiger partial charge in [-0.15, -0.1) is 0 Å². The van der Waals surface area contributed by atoms with E-state index >= 15 is 0 Å². The Bertz CT molecular complexity index is 11.0. The van der Waals surface area contributed by atoms with Crippen LogP contribution in [-0.4, -0.2) is 32.9 Å². The van der Waals surface area contributed by atoms with Crippen molar-refractivity contribution in [1.82, 2.24) is 0 Å². The summed E-state index contributed by atoms with van der Waals surface area (Å²) in [6, 6.07) is 0. The maximum atomic E-state index is 0. The predicted molar refractivity (Wildman–Crippen MR) is 21.7 cm³/mol. The van der Waals surface area contributed by atoms with Crippen LogP contribution in [0.1, 0.15) is 0 Å². The quantitative estimate of drug-likeness (QED) is 0.383. The van der Waals surface area contributed by atoms with Crippen molar-refractivity contribution in [1.29, 1.82) is 0 Å². The average Bonchev–Trinajstić information content (AvgIpc) is 0. The van der Waals surface area contributed by atoms with Crippen molar-refractivity contribution in [3.63, 3.8) is 0 Å². The van der Waals surface area contributed by atoms with Gasteiger partial charge in [0.1, 0.15) is 0 Å². The van der Waals surface area contributed by atoms with Gasteiger partial charge in [-0.05, 0) is 0 Å². The molecule has 0 unspecified atom stereocenters. The molecule has 0 aliphatic carbocycles. The third-order valence-corrected chi connectivity index (χ3v) is 0. The van der Waals surface area contributed by atoms with Crippen molar-refractivity contribution in [3.05, 3.63) is 0 Å². The van der Waals surface area contributed by atoms with E-state index < -0.39 is 0 Å². The summed E-state index contributed by atoms with van der Waals surface area (Å²) in [5.41, 5.74) is 0. The Morgan fingerprint density at radius 3 is 0.333 bits per heavy atom. The molecule has 9 heteroatoms. The van der Waals surface area contributed by atoms with Crippen LogP contribution in [0.15, 0.2) is 0 Å². The molecule has 0 heterocycles. The normalized spacial score (nSPS) is 0. The zero-order valence-electron chi connectivity index (χ0n) is 4.11. The molecule has 0 spiro atoms. The molecule has 9 heavy (non-hydrogen) atoms. The fourth-order valence-electron chi connectivity index (χ4n) is 0. The Hall–Kier alpha value is 1.24. The van der Waals surface area contributed by atoms with Crippen molar-refractivity contribution in [2.24, 2.45) is 0 Å². The van der Waals surface area contributed by atoms with Gasteiger partial charge < -0.3 is 66.8 Å². The number of rotatable bonds is 0. The Morgan fingerprint density at radius 2 is 0.333 bits per heavy atom. The van der Waals surface area contributed by atoms with E-state index in [2.05, 4.69) is 0 Å². The molecule has 0 saturated heterocycles.